The van der Waals surface area contributed by atoms with Gasteiger partial charge in [-0.3, -0.25) is 10.5 Å². The van der Waals surface area contributed by atoms with E-state index in [-0.39, 0.29) is 85.1 Å². The van der Waals surface area contributed by atoms with Crippen molar-refractivity contribution in [3.05, 3.63) is 11.6 Å². The van der Waals surface area contributed by atoms with Crippen molar-refractivity contribution in [2.24, 2.45) is 94.3 Å². The average molecular weight is 828 g/mol. The lowest BCUT2D eigenvalue weighted by Crippen LogP contribution is -2.96. The number of hydrogen-bond donors (Lipinski definition) is 8. The Bertz CT molecular complexity index is 1580. The summed E-state index contributed by atoms with van der Waals surface area (Å²) in [4.78, 5) is 28.4. The third-order valence-electron chi connectivity index (χ3n) is 18.8. The highest BCUT2D eigenvalue weighted by Gasteiger charge is 2.68. The van der Waals surface area contributed by atoms with Crippen LogP contribution in [-0.2, 0) is 23.8 Å². The fraction of sp³-hybridized carbons (Fsp3) is 0.913. The number of aliphatic hydroxyl groups is 4. The van der Waals surface area contributed by atoms with Crippen molar-refractivity contribution in [1.82, 2.24) is 5.32 Å². The molecule has 13 heteroatoms. The SMILES string of the molecule is CC=C(C)C(=O)OC1CC2C(O)C3C(=O)CC(CO)OC3C3C2OC1(C)C1CC2C[NH2+]C(N)CC2CCC1C1CCC2CCC(O)CC2C(CO)C3C2CCNC(N)C12. The molecule has 0 radical (unpaired) electrons. The van der Waals surface area contributed by atoms with E-state index in [1.54, 1.807) is 13.0 Å². The predicted octanol–water partition coefficient (Wildman–Crippen LogP) is 1.19. The van der Waals surface area contributed by atoms with Crippen LogP contribution in [0.4, 0.5) is 0 Å². The van der Waals surface area contributed by atoms with Gasteiger partial charge in [0.25, 0.3) is 0 Å². The van der Waals surface area contributed by atoms with Crippen LogP contribution in [-0.4, -0.2) is 113 Å². The zero-order chi connectivity index (χ0) is 41.5. The monoisotopic (exact) mass is 828 g/mol. The Morgan fingerprint density at radius 2 is 1.64 bits per heavy atom. The number of ketones is 1. The van der Waals surface area contributed by atoms with Crippen molar-refractivity contribution in [3.8, 4) is 0 Å². The molecule has 5 heterocycles. The molecule has 0 aromatic rings. The largest absolute Gasteiger partial charge is 0.456 e. The number of nitrogens with one attached hydrogen (secondary N) is 1. The number of aliphatic hydroxyl groups excluding tert-OH is 4. The molecule has 13 nitrogen and oxygen atoms in total. The standard InChI is InChI=1S/C46H74N4O9/c1-4-21(2)45(56)58-35-17-31-41(55)39-34(54)16-26(19-51)57-43(39)40-37-29-11-12-49-44(48)38(29)28(10-6-22-5-8-25(53)15-30(22)32(37)20-52)27-9-7-23-14-36(47)50-18-24(23)13-33(27)46(35,3)59-42(31)40/h4,22-33,35-44,49-53,55H,5-20,47-48H2,1-3H3/p+1. The van der Waals surface area contributed by atoms with Crippen LogP contribution in [0, 0.1) is 82.9 Å². The van der Waals surface area contributed by atoms with Gasteiger partial charge in [0.05, 0.1) is 55.8 Å². The zero-order valence-electron chi connectivity index (χ0n) is 35.7. The van der Waals surface area contributed by atoms with Gasteiger partial charge in [-0.15, -0.1) is 0 Å². The van der Waals surface area contributed by atoms with Gasteiger partial charge in [0, 0.05) is 42.8 Å². The van der Waals surface area contributed by atoms with Gasteiger partial charge in [0.1, 0.15) is 23.7 Å². The van der Waals surface area contributed by atoms with E-state index in [9.17, 15) is 30.0 Å². The van der Waals surface area contributed by atoms with Gasteiger partial charge in [-0.2, -0.15) is 0 Å². The third-order valence-corrected chi connectivity index (χ3v) is 18.8. The summed E-state index contributed by atoms with van der Waals surface area (Å²) in [6.07, 6.45) is 6.60. The lowest BCUT2D eigenvalue weighted by Gasteiger charge is -2.64. The second-order valence-electron chi connectivity index (χ2n) is 21.2. The number of carbonyl (C=O) groups is 2. The van der Waals surface area contributed by atoms with Gasteiger partial charge >= 0.3 is 5.97 Å². The number of allylic oxidation sites excluding steroid dienone is 1. The molecule has 23 atom stereocenters. The van der Waals surface area contributed by atoms with Crippen LogP contribution in [0.15, 0.2) is 11.6 Å². The Labute approximate surface area is 350 Å². The summed E-state index contributed by atoms with van der Waals surface area (Å²) in [5.74, 6) is -1.06. The van der Waals surface area contributed by atoms with Gasteiger partial charge in [-0.25, -0.2) is 4.79 Å². The molecular formula is C46H75N4O9+. The molecule has 59 heavy (non-hydrogen) atoms. The molecule has 5 saturated heterocycles. The fourth-order valence-corrected chi connectivity index (χ4v) is 16.0. The van der Waals surface area contributed by atoms with Crippen LogP contribution < -0.4 is 22.1 Å². The molecule has 4 saturated carbocycles. The summed E-state index contributed by atoms with van der Waals surface area (Å²) in [6.45, 7) is 7.07. The smallest absolute Gasteiger partial charge is 0.333 e. The molecule has 4 bridgehead atoms. The number of piperidine rings is 2. The van der Waals surface area contributed by atoms with Crippen LogP contribution in [0.2, 0.25) is 0 Å². The van der Waals surface area contributed by atoms with Crippen molar-refractivity contribution < 1.29 is 49.5 Å². The van der Waals surface area contributed by atoms with E-state index >= 15 is 0 Å². The van der Waals surface area contributed by atoms with Crippen molar-refractivity contribution >= 4 is 11.8 Å². The molecular weight excluding hydrogens is 753 g/mol. The summed E-state index contributed by atoms with van der Waals surface area (Å²) in [5, 5.41) is 52.5. The summed E-state index contributed by atoms with van der Waals surface area (Å²) >= 11 is 0. The number of carbonyl (C=O) groups excluding carboxylic acids is 2. The van der Waals surface area contributed by atoms with E-state index in [4.69, 9.17) is 25.7 Å². The lowest BCUT2D eigenvalue weighted by atomic mass is 9.49. The van der Waals surface area contributed by atoms with Gasteiger partial charge in [-0.1, -0.05) is 6.08 Å². The van der Waals surface area contributed by atoms with Crippen molar-refractivity contribution in [2.45, 2.75) is 152 Å². The average Bonchev–Trinajstić information content (AvgIpc) is 3.37. The number of Topliss-reactive ketones (excluding diaryl/α,β-unsaturated/α-hetero) is 1. The molecule has 0 amide bonds. The Morgan fingerprint density at radius 1 is 0.881 bits per heavy atom. The van der Waals surface area contributed by atoms with Crippen LogP contribution in [0.25, 0.3) is 0 Å². The second-order valence-corrected chi connectivity index (χ2v) is 21.2. The van der Waals surface area contributed by atoms with Gasteiger partial charge in [0.2, 0.25) is 0 Å². The highest BCUT2D eigenvalue weighted by Crippen LogP contribution is 2.63. The summed E-state index contributed by atoms with van der Waals surface area (Å²) in [5.41, 5.74) is 13.6. The lowest BCUT2D eigenvalue weighted by molar-refractivity contribution is -0.706. The van der Waals surface area contributed by atoms with Crippen molar-refractivity contribution in [3.63, 3.8) is 0 Å². The van der Waals surface area contributed by atoms with Gasteiger partial charge < -0.3 is 51.0 Å². The van der Waals surface area contributed by atoms with E-state index in [0.29, 0.717) is 36.2 Å². The normalized spacial score (nSPS) is 53.7. The Hall–Kier alpha value is -1.52. The molecule has 0 aromatic heterocycles. The molecule has 11 N–H and O–H groups in total. The molecule has 0 spiro atoms. The molecule has 23 unspecified atom stereocenters. The first-order valence-electron chi connectivity index (χ1n) is 23.7. The maximum absolute atomic E-state index is 14.4. The molecule has 9 rings (SSSR count). The number of nitrogens with two attached hydrogens (primary N) is 3. The fourth-order valence-electron chi connectivity index (χ4n) is 16.0. The number of esters is 1. The number of quaternary nitrogens is 1. The number of hydrogen-bond acceptors (Lipinski definition) is 12. The Morgan fingerprint density at radius 3 is 2.41 bits per heavy atom. The Balaban J connectivity index is 1.29. The van der Waals surface area contributed by atoms with Gasteiger partial charge in [-0.05, 0) is 151 Å². The first-order chi connectivity index (χ1) is 28.4. The number of ether oxygens (including phenoxy) is 3. The molecule has 0 aromatic carbocycles. The zero-order valence-corrected chi connectivity index (χ0v) is 35.7. The van der Waals surface area contributed by atoms with Crippen LogP contribution in [0.1, 0.15) is 97.8 Å². The quantitative estimate of drug-likeness (QED) is 0.148. The van der Waals surface area contributed by atoms with Crippen molar-refractivity contribution in [1.29, 1.82) is 0 Å². The maximum Gasteiger partial charge on any atom is 0.333 e. The number of fused-ring (bicyclic) bond motifs is 9. The highest BCUT2D eigenvalue weighted by atomic mass is 16.6. The van der Waals surface area contributed by atoms with Crippen LogP contribution >= 0.6 is 0 Å². The van der Waals surface area contributed by atoms with E-state index in [1.807, 2.05) is 6.92 Å². The second kappa shape index (κ2) is 16.9. The Kier molecular flexibility index (Phi) is 12.2. The topological polar surface area (TPSA) is 223 Å². The molecule has 332 valence electrons. The summed E-state index contributed by atoms with van der Waals surface area (Å²) < 4.78 is 21.5. The van der Waals surface area contributed by atoms with E-state index < -0.39 is 65.9 Å². The van der Waals surface area contributed by atoms with E-state index in [2.05, 4.69) is 17.6 Å². The third kappa shape index (κ3) is 7.31. The van der Waals surface area contributed by atoms with E-state index in [0.717, 1.165) is 70.9 Å². The van der Waals surface area contributed by atoms with Gasteiger partial charge in [0.15, 0.2) is 0 Å². The maximum atomic E-state index is 14.4. The van der Waals surface area contributed by atoms with Crippen LogP contribution in [0.3, 0.4) is 0 Å². The minimum Gasteiger partial charge on any atom is -0.456 e. The highest BCUT2D eigenvalue weighted by molar-refractivity contribution is 5.87. The van der Waals surface area contributed by atoms with Crippen LogP contribution in [0.5, 0.6) is 0 Å². The summed E-state index contributed by atoms with van der Waals surface area (Å²) in [6, 6.07) is 0. The molecule has 4 aliphatic carbocycles. The molecule has 9 aliphatic rings. The predicted molar refractivity (Wildman–Crippen MR) is 217 cm³/mol. The minimum absolute atomic E-state index is 0.00538. The van der Waals surface area contributed by atoms with E-state index in [1.165, 1.54) is 0 Å². The minimum atomic E-state index is -1.11. The van der Waals surface area contributed by atoms with Crippen molar-refractivity contribution in [2.75, 3.05) is 26.3 Å². The first-order valence-corrected chi connectivity index (χ1v) is 23.7. The summed E-state index contributed by atoms with van der Waals surface area (Å²) in [7, 11) is 0. The molecule has 5 aliphatic heterocycles. The molecule has 9 fully saturated rings. The number of rotatable bonds is 4. The first kappa shape index (κ1) is 42.8.